The molecule has 0 atom stereocenters. The van der Waals surface area contributed by atoms with Crippen LogP contribution in [0.1, 0.15) is 1.37 Å². The molecule has 0 saturated heterocycles. The Labute approximate surface area is 59.2 Å². The van der Waals surface area contributed by atoms with Gasteiger partial charge in [0.25, 0.3) is 0 Å². The van der Waals surface area contributed by atoms with Crippen LogP contribution < -0.4 is 0 Å². The van der Waals surface area contributed by atoms with Gasteiger partial charge in [-0.15, -0.1) is 11.3 Å². The molecule has 0 unspecified atom stereocenters. The third kappa shape index (κ3) is 0.736. The zero-order valence-electron chi connectivity index (χ0n) is 5.79. The maximum atomic E-state index is 7.32. The summed E-state index contributed by atoms with van der Waals surface area (Å²) in [5, 5.41) is 3.22. The van der Waals surface area contributed by atoms with E-state index in [9.17, 15) is 0 Å². The normalized spacial score (nSPS) is 11.8. The number of hydrogen-bond donors (Lipinski definition) is 0. The molecule has 0 N–H and O–H groups in total. The van der Waals surface area contributed by atoms with Crippen LogP contribution in [0.2, 0.25) is 0 Å². The smallest absolute Gasteiger partial charge is 0.0623 e. The zero-order valence-corrected chi connectivity index (χ0v) is 5.61. The summed E-state index contributed by atoms with van der Waals surface area (Å²) in [6.45, 7) is 0. The highest BCUT2D eigenvalue weighted by Crippen LogP contribution is 2.18. The van der Waals surface area contributed by atoms with Gasteiger partial charge in [-0.2, -0.15) is 0 Å². The number of benzene rings is 1. The third-order valence-electron chi connectivity index (χ3n) is 1.30. The van der Waals surface area contributed by atoms with E-state index in [1.165, 1.54) is 10.1 Å². The highest BCUT2D eigenvalue weighted by Gasteiger charge is 1.87. The van der Waals surface area contributed by atoms with Crippen molar-refractivity contribution in [3.8, 4) is 0 Å². The van der Waals surface area contributed by atoms with Gasteiger partial charge in [0.15, 0.2) is 0 Å². The quantitative estimate of drug-likeness (QED) is 0.522. The molecule has 0 nitrogen and oxygen atoms in total. The Balaban J connectivity index is 2.86. The molecule has 2 rings (SSSR count). The molecule has 0 aliphatic heterocycles. The van der Waals surface area contributed by atoms with E-state index in [2.05, 4.69) is 0 Å². The van der Waals surface area contributed by atoms with Crippen LogP contribution in [0.25, 0.3) is 10.1 Å². The fourth-order valence-electron chi connectivity index (χ4n) is 0.847. The lowest BCUT2D eigenvalue weighted by Gasteiger charge is -1.82. The van der Waals surface area contributed by atoms with E-state index in [-0.39, 0.29) is 0 Å². The molecule has 0 saturated carbocycles. The van der Waals surface area contributed by atoms with Crippen molar-refractivity contribution in [1.82, 2.24) is 0 Å². The fourth-order valence-corrected chi connectivity index (χ4v) is 1.62. The lowest BCUT2D eigenvalue weighted by atomic mass is 10.3. The molecule has 44 valence electrons. The maximum absolute atomic E-state index is 7.32. The monoisotopic (exact) mass is 136 g/mol. The van der Waals surface area contributed by atoms with Crippen LogP contribution in [0.15, 0.2) is 35.7 Å². The van der Waals surface area contributed by atoms with Crippen molar-refractivity contribution in [1.29, 1.82) is 0 Å². The summed E-state index contributed by atoms with van der Waals surface area (Å²) in [6.07, 6.45) is 0. The van der Waals surface area contributed by atoms with Gasteiger partial charge in [-0.3, -0.25) is 0 Å². The molecule has 1 heterocycles. The molecule has 0 aliphatic carbocycles. The lowest BCUT2D eigenvalue weighted by molar-refractivity contribution is 1.86. The SMILES string of the molecule is [3H]c1ccc2sccc2c1. The zero-order chi connectivity index (χ0) is 6.97. The van der Waals surface area contributed by atoms with Gasteiger partial charge in [0, 0.05) is 4.70 Å². The van der Waals surface area contributed by atoms with Gasteiger partial charge < -0.3 is 0 Å². The molecule has 0 radical (unpaired) electrons. The van der Waals surface area contributed by atoms with Crippen LogP contribution in [0.3, 0.4) is 0 Å². The van der Waals surface area contributed by atoms with Gasteiger partial charge in [-0.25, -0.2) is 0 Å². The predicted octanol–water partition coefficient (Wildman–Crippen LogP) is 2.90. The van der Waals surface area contributed by atoms with E-state index in [0.717, 1.165) is 0 Å². The number of thiophene rings is 1. The van der Waals surface area contributed by atoms with E-state index in [0.29, 0.717) is 6.04 Å². The summed E-state index contributed by atoms with van der Waals surface area (Å²) < 4.78 is 8.58. The molecule has 1 heteroatoms. The second-order valence-corrected chi connectivity index (χ2v) is 2.83. The second-order valence-electron chi connectivity index (χ2n) is 1.88. The van der Waals surface area contributed by atoms with E-state index < -0.39 is 0 Å². The van der Waals surface area contributed by atoms with Gasteiger partial charge in [0.2, 0.25) is 0 Å². The molecular formula is C8H6S. The molecule has 0 bridgehead atoms. The van der Waals surface area contributed by atoms with Crippen LogP contribution in [-0.2, 0) is 0 Å². The first-order chi connectivity index (χ1) is 4.86. The standard InChI is InChI=1S/C8H6S/c1-2-4-8-7(3-1)5-6-9-8/h1-6H/i1T. The van der Waals surface area contributed by atoms with Crippen LogP contribution in [0.5, 0.6) is 0 Å². The Bertz CT molecular complexity index is 351. The van der Waals surface area contributed by atoms with Crippen LogP contribution >= 0.6 is 11.3 Å². The van der Waals surface area contributed by atoms with Crippen molar-refractivity contribution < 1.29 is 1.37 Å². The van der Waals surface area contributed by atoms with E-state index in [1.54, 1.807) is 11.3 Å². The minimum absolute atomic E-state index is 0.589. The van der Waals surface area contributed by atoms with Gasteiger partial charge >= 0.3 is 0 Å². The van der Waals surface area contributed by atoms with Gasteiger partial charge in [0.05, 0.1) is 1.37 Å². The maximum Gasteiger partial charge on any atom is 0.0623 e. The summed E-state index contributed by atoms with van der Waals surface area (Å²) in [7, 11) is 0. The Morgan fingerprint density at radius 3 is 3.33 bits per heavy atom. The van der Waals surface area contributed by atoms with Crippen molar-refractivity contribution in [2.45, 2.75) is 0 Å². The summed E-state index contributed by atoms with van der Waals surface area (Å²) in [4.78, 5) is 0. The third-order valence-corrected chi connectivity index (χ3v) is 2.19. The molecule has 9 heavy (non-hydrogen) atoms. The number of rotatable bonds is 0. The molecule has 0 spiro atoms. The van der Waals surface area contributed by atoms with Crippen molar-refractivity contribution in [3.63, 3.8) is 0 Å². The van der Waals surface area contributed by atoms with Crippen molar-refractivity contribution in [2.75, 3.05) is 0 Å². The first-order valence-corrected chi connectivity index (χ1v) is 3.68. The number of fused-ring (bicyclic) bond motifs is 1. The fraction of sp³-hybridized carbons (Fsp3) is 0. The van der Waals surface area contributed by atoms with Gasteiger partial charge in [-0.1, -0.05) is 18.2 Å². The largest absolute Gasteiger partial charge is 0.144 e. The summed E-state index contributed by atoms with van der Waals surface area (Å²) in [5.74, 6) is 0. The Kier molecular flexibility index (Phi) is 0.836. The van der Waals surface area contributed by atoms with Crippen molar-refractivity contribution in [2.24, 2.45) is 0 Å². The highest BCUT2D eigenvalue weighted by molar-refractivity contribution is 7.17. The topological polar surface area (TPSA) is 0 Å². The van der Waals surface area contributed by atoms with Crippen molar-refractivity contribution >= 4 is 21.4 Å². The van der Waals surface area contributed by atoms with Crippen LogP contribution in [0, 0.1) is 0 Å². The Morgan fingerprint density at radius 1 is 1.33 bits per heavy atom. The summed E-state index contributed by atoms with van der Waals surface area (Å²) in [6, 6.07) is 8.32. The van der Waals surface area contributed by atoms with E-state index >= 15 is 0 Å². The molecule has 0 aliphatic rings. The van der Waals surface area contributed by atoms with Gasteiger partial charge in [-0.05, 0) is 22.9 Å². The molecule has 1 aromatic carbocycles. The lowest BCUT2D eigenvalue weighted by Crippen LogP contribution is -1.56. The van der Waals surface area contributed by atoms with Gasteiger partial charge in [0.1, 0.15) is 0 Å². The second kappa shape index (κ2) is 1.85. The molecule has 2 aromatic rings. The molecule has 0 fully saturated rings. The van der Waals surface area contributed by atoms with Crippen LogP contribution in [0.4, 0.5) is 0 Å². The average molecular weight is 136 g/mol. The highest BCUT2D eigenvalue weighted by atomic mass is 32.1. The van der Waals surface area contributed by atoms with Crippen molar-refractivity contribution in [3.05, 3.63) is 35.7 Å². The summed E-state index contributed by atoms with van der Waals surface area (Å²) in [5.41, 5.74) is 0. The molecule has 1 aromatic heterocycles. The summed E-state index contributed by atoms with van der Waals surface area (Å²) >= 11 is 1.71. The molecular weight excluding hydrogens is 128 g/mol. The first-order valence-electron chi connectivity index (χ1n) is 3.30. The number of hydrogen-bond acceptors (Lipinski definition) is 1. The Hall–Kier alpha value is -0.820. The Morgan fingerprint density at radius 2 is 2.33 bits per heavy atom. The van der Waals surface area contributed by atoms with E-state index in [4.69, 9.17) is 1.37 Å². The average Bonchev–Trinajstić information content (AvgIpc) is 2.33. The minimum atomic E-state index is 0.589. The van der Waals surface area contributed by atoms with E-state index in [1.807, 2.05) is 29.6 Å². The minimum Gasteiger partial charge on any atom is -0.144 e. The predicted molar refractivity (Wildman–Crippen MR) is 41.8 cm³/mol. The van der Waals surface area contributed by atoms with Crippen LogP contribution in [-0.4, -0.2) is 0 Å². The first kappa shape index (κ1) is 4.07. The molecule has 0 amide bonds.